The van der Waals surface area contributed by atoms with Gasteiger partial charge in [-0.1, -0.05) is 29.8 Å². The summed E-state index contributed by atoms with van der Waals surface area (Å²) in [5.74, 6) is -0.332. The number of carbonyl (C=O) groups is 1. The SMILES string of the molecule is [C-]#[N+]c1ccc(C2CCc3[nH]c(-c4c(F)cccc4Cl)cc3C2=O)c(OC)c1. The highest BCUT2D eigenvalue weighted by Crippen LogP contribution is 2.40. The Kier molecular flexibility index (Phi) is 4.66. The van der Waals surface area contributed by atoms with Gasteiger partial charge in [0.1, 0.15) is 11.6 Å². The number of hydrogen-bond donors (Lipinski definition) is 1. The molecule has 1 aliphatic carbocycles. The maximum Gasteiger partial charge on any atom is 0.190 e. The lowest BCUT2D eigenvalue weighted by atomic mass is 9.81. The smallest absolute Gasteiger partial charge is 0.190 e. The summed E-state index contributed by atoms with van der Waals surface area (Å²) in [6.07, 6.45) is 1.25. The van der Waals surface area contributed by atoms with Gasteiger partial charge in [-0.3, -0.25) is 4.79 Å². The van der Waals surface area contributed by atoms with Gasteiger partial charge in [-0.2, -0.15) is 0 Å². The minimum Gasteiger partial charge on any atom is -0.498 e. The number of ketones is 1. The highest BCUT2D eigenvalue weighted by Gasteiger charge is 2.32. The molecule has 0 bridgehead atoms. The Morgan fingerprint density at radius 2 is 2.11 bits per heavy atom. The van der Waals surface area contributed by atoms with Crippen LogP contribution in [0.4, 0.5) is 10.1 Å². The summed E-state index contributed by atoms with van der Waals surface area (Å²) in [6, 6.07) is 11.3. The molecule has 4 nitrogen and oxygen atoms in total. The van der Waals surface area contributed by atoms with Gasteiger partial charge < -0.3 is 9.72 Å². The van der Waals surface area contributed by atoms with Crippen LogP contribution in [0.15, 0.2) is 42.5 Å². The average molecular weight is 395 g/mol. The maximum absolute atomic E-state index is 14.3. The molecule has 0 fully saturated rings. The number of fused-ring (bicyclic) bond motifs is 1. The molecule has 0 saturated heterocycles. The van der Waals surface area contributed by atoms with E-state index in [4.69, 9.17) is 22.9 Å². The maximum atomic E-state index is 14.3. The first-order valence-electron chi connectivity index (χ1n) is 8.79. The Balaban J connectivity index is 1.74. The van der Waals surface area contributed by atoms with Crippen LogP contribution in [0.25, 0.3) is 16.1 Å². The number of nitrogens with zero attached hydrogens (tertiary/aromatic N) is 1. The van der Waals surface area contributed by atoms with Crippen LogP contribution in [0.1, 0.15) is 34.0 Å². The van der Waals surface area contributed by atoms with E-state index in [-0.39, 0.29) is 17.3 Å². The molecule has 0 radical (unpaired) electrons. The van der Waals surface area contributed by atoms with Crippen molar-refractivity contribution in [2.45, 2.75) is 18.8 Å². The fourth-order valence-corrected chi connectivity index (χ4v) is 4.03. The number of Topliss-reactive ketones (excluding diaryl/α,β-unsaturated/α-hetero) is 1. The molecule has 1 aliphatic rings. The van der Waals surface area contributed by atoms with Crippen molar-refractivity contribution in [3.8, 4) is 17.0 Å². The molecule has 0 amide bonds. The van der Waals surface area contributed by atoms with Crippen LogP contribution in [-0.4, -0.2) is 17.9 Å². The number of aromatic amines is 1. The van der Waals surface area contributed by atoms with Gasteiger partial charge in [-0.25, -0.2) is 9.24 Å². The van der Waals surface area contributed by atoms with E-state index in [0.717, 1.165) is 11.3 Å². The zero-order valence-corrected chi connectivity index (χ0v) is 15.8. The number of nitrogens with one attached hydrogen (secondary N) is 1. The largest absolute Gasteiger partial charge is 0.498 e. The summed E-state index contributed by atoms with van der Waals surface area (Å²) in [5, 5.41) is 0.291. The lowest BCUT2D eigenvalue weighted by Crippen LogP contribution is -2.20. The molecular formula is C22H16ClFN2O2. The van der Waals surface area contributed by atoms with E-state index in [1.54, 1.807) is 36.4 Å². The van der Waals surface area contributed by atoms with Gasteiger partial charge in [0.05, 0.1) is 35.9 Å². The van der Waals surface area contributed by atoms with Crippen LogP contribution >= 0.6 is 11.6 Å². The van der Waals surface area contributed by atoms with Crippen LogP contribution in [0.2, 0.25) is 5.02 Å². The molecule has 1 aromatic heterocycles. The van der Waals surface area contributed by atoms with E-state index in [1.165, 1.54) is 13.2 Å². The monoisotopic (exact) mass is 394 g/mol. The van der Waals surface area contributed by atoms with E-state index in [0.29, 0.717) is 40.6 Å². The van der Waals surface area contributed by atoms with Crippen LogP contribution in [0.5, 0.6) is 5.75 Å². The topological polar surface area (TPSA) is 46.5 Å². The minimum absolute atomic E-state index is 0.0509. The van der Waals surface area contributed by atoms with Crippen LogP contribution in [0, 0.1) is 12.4 Å². The second-order valence-electron chi connectivity index (χ2n) is 6.67. The Morgan fingerprint density at radius 3 is 2.82 bits per heavy atom. The summed E-state index contributed by atoms with van der Waals surface area (Å²) in [5.41, 5.74) is 3.31. The summed E-state index contributed by atoms with van der Waals surface area (Å²) in [6.45, 7) is 7.14. The van der Waals surface area contributed by atoms with E-state index < -0.39 is 5.82 Å². The molecule has 4 rings (SSSR count). The summed E-state index contributed by atoms with van der Waals surface area (Å²) in [7, 11) is 1.53. The second-order valence-corrected chi connectivity index (χ2v) is 7.07. The first-order chi connectivity index (χ1) is 13.5. The van der Waals surface area contributed by atoms with E-state index in [1.807, 2.05) is 0 Å². The van der Waals surface area contributed by atoms with Gasteiger partial charge in [0.15, 0.2) is 11.5 Å². The predicted octanol–water partition coefficient (Wildman–Crippen LogP) is 5.95. The van der Waals surface area contributed by atoms with Gasteiger partial charge in [-0.05, 0) is 37.1 Å². The fourth-order valence-electron chi connectivity index (χ4n) is 3.77. The molecule has 0 saturated carbocycles. The van der Waals surface area contributed by atoms with Gasteiger partial charge >= 0.3 is 0 Å². The van der Waals surface area contributed by atoms with Crippen molar-refractivity contribution in [2.24, 2.45) is 0 Å². The van der Waals surface area contributed by atoms with Crippen molar-refractivity contribution in [1.29, 1.82) is 0 Å². The number of aryl methyl sites for hydroxylation is 1. The molecular weight excluding hydrogens is 379 g/mol. The van der Waals surface area contributed by atoms with Gasteiger partial charge in [0.25, 0.3) is 0 Å². The van der Waals surface area contributed by atoms with Gasteiger partial charge in [-0.15, -0.1) is 0 Å². The normalized spacial score (nSPS) is 15.8. The number of H-pyrrole nitrogens is 1. The van der Waals surface area contributed by atoms with E-state index in [9.17, 15) is 9.18 Å². The fraction of sp³-hybridized carbons (Fsp3) is 0.182. The van der Waals surface area contributed by atoms with Gasteiger partial charge in [0, 0.05) is 16.8 Å². The van der Waals surface area contributed by atoms with Crippen molar-refractivity contribution in [3.63, 3.8) is 0 Å². The number of aromatic nitrogens is 1. The lowest BCUT2D eigenvalue weighted by molar-refractivity contribution is 0.0944. The van der Waals surface area contributed by atoms with E-state index >= 15 is 0 Å². The van der Waals surface area contributed by atoms with Crippen molar-refractivity contribution >= 4 is 23.1 Å². The van der Waals surface area contributed by atoms with Crippen molar-refractivity contribution < 1.29 is 13.9 Å². The molecule has 28 heavy (non-hydrogen) atoms. The van der Waals surface area contributed by atoms with Crippen molar-refractivity contribution in [2.75, 3.05) is 7.11 Å². The number of carbonyl (C=O) groups excluding carboxylic acids is 1. The highest BCUT2D eigenvalue weighted by atomic mass is 35.5. The highest BCUT2D eigenvalue weighted by molar-refractivity contribution is 6.33. The Morgan fingerprint density at radius 1 is 1.29 bits per heavy atom. The first kappa shape index (κ1) is 18.3. The minimum atomic E-state index is -0.438. The van der Waals surface area contributed by atoms with Crippen molar-refractivity contribution in [1.82, 2.24) is 4.98 Å². The molecule has 2 aromatic carbocycles. The van der Waals surface area contributed by atoms with Crippen LogP contribution in [-0.2, 0) is 6.42 Å². The summed E-state index contributed by atoms with van der Waals surface area (Å²) >= 11 is 6.17. The third kappa shape index (κ3) is 2.96. The summed E-state index contributed by atoms with van der Waals surface area (Å²) in [4.78, 5) is 19.8. The van der Waals surface area contributed by atoms with E-state index in [2.05, 4.69) is 9.83 Å². The Bertz CT molecular complexity index is 1110. The number of methoxy groups -OCH3 is 1. The van der Waals surface area contributed by atoms with Crippen molar-refractivity contribution in [3.05, 3.63) is 81.5 Å². The molecule has 1 unspecified atom stereocenters. The average Bonchev–Trinajstić information content (AvgIpc) is 3.12. The molecule has 1 heterocycles. The summed E-state index contributed by atoms with van der Waals surface area (Å²) < 4.78 is 19.7. The molecule has 1 N–H and O–H groups in total. The number of rotatable bonds is 3. The molecule has 0 aliphatic heterocycles. The zero-order chi connectivity index (χ0) is 19.8. The molecule has 0 spiro atoms. The number of ether oxygens (including phenoxy) is 1. The third-order valence-corrected chi connectivity index (χ3v) is 5.43. The Hall–Kier alpha value is -3.10. The number of benzene rings is 2. The van der Waals surface area contributed by atoms with Crippen LogP contribution < -0.4 is 4.74 Å². The quantitative estimate of drug-likeness (QED) is 0.558. The second kappa shape index (κ2) is 7.14. The zero-order valence-electron chi connectivity index (χ0n) is 15.1. The van der Waals surface area contributed by atoms with Gasteiger partial charge in [0.2, 0.25) is 0 Å². The molecule has 1 atom stereocenters. The standard InChI is InChI=1S/C22H16ClFN2O2/c1-25-12-6-7-13(20(10-12)28-2)14-8-9-18-15(22(14)27)11-19(26-18)21-16(23)4-3-5-17(21)24/h3-7,10-11,14,26H,8-9H2,2H3. The lowest BCUT2D eigenvalue weighted by Gasteiger charge is -2.23. The number of halogens is 2. The Labute approximate surface area is 166 Å². The van der Waals surface area contributed by atoms with Crippen LogP contribution in [0.3, 0.4) is 0 Å². The predicted molar refractivity (Wildman–Crippen MR) is 106 cm³/mol. The molecule has 140 valence electrons. The first-order valence-corrected chi connectivity index (χ1v) is 9.17. The third-order valence-electron chi connectivity index (χ3n) is 5.12. The molecule has 3 aromatic rings. The molecule has 6 heteroatoms. The number of hydrogen-bond acceptors (Lipinski definition) is 2.